The fourth-order valence-electron chi connectivity index (χ4n) is 2.75. The first-order chi connectivity index (χ1) is 13.7. The smallest absolute Gasteiger partial charge is 0.511 e. The summed E-state index contributed by atoms with van der Waals surface area (Å²) in [4.78, 5) is 0.158. The second-order valence-electron chi connectivity index (χ2n) is 6.74. The summed E-state index contributed by atoms with van der Waals surface area (Å²) in [5, 5.41) is 23.9. The van der Waals surface area contributed by atoms with E-state index in [2.05, 4.69) is 9.50 Å². The van der Waals surface area contributed by atoms with Crippen LogP contribution in [0.5, 0.6) is 5.75 Å². The molecule has 0 saturated carbocycles. The van der Waals surface area contributed by atoms with Crippen LogP contribution in [0.2, 0.25) is 5.02 Å². The molecule has 0 unspecified atom stereocenters. The lowest BCUT2D eigenvalue weighted by molar-refractivity contribution is 0.288. The lowest BCUT2D eigenvalue weighted by Crippen LogP contribution is -2.29. The van der Waals surface area contributed by atoms with Crippen molar-refractivity contribution in [3.8, 4) is 5.75 Å². The summed E-state index contributed by atoms with van der Waals surface area (Å²) >= 11 is 6.08. The van der Waals surface area contributed by atoms with Gasteiger partial charge in [0.05, 0.1) is 11.2 Å². The van der Waals surface area contributed by atoms with Crippen molar-refractivity contribution in [1.29, 1.82) is 0 Å². The standard InChI is InChI=1S/C18H19BClN3O5S/c1-12(2)11-23(18-14-5-3-4-6-17(14)29(26,27)22-18)21-10-13-7-8-16(15(20)9-13)28-19(24)25/h3-10,12,24-25H,11H2,1-2H3/b21-10+. The third-order valence-corrected chi connectivity index (χ3v) is 5.55. The summed E-state index contributed by atoms with van der Waals surface area (Å²) in [6.07, 6.45) is 1.52. The van der Waals surface area contributed by atoms with Crippen LogP contribution in [0.1, 0.15) is 25.0 Å². The maximum atomic E-state index is 12.4. The molecule has 0 spiro atoms. The molecule has 0 saturated heterocycles. The number of fused-ring (bicyclic) bond motifs is 1. The second-order valence-corrected chi connectivity index (χ2v) is 8.72. The van der Waals surface area contributed by atoms with Gasteiger partial charge < -0.3 is 14.7 Å². The van der Waals surface area contributed by atoms with E-state index in [9.17, 15) is 8.42 Å². The van der Waals surface area contributed by atoms with E-state index in [1.54, 1.807) is 29.3 Å². The van der Waals surface area contributed by atoms with Crippen molar-refractivity contribution in [2.75, 3.05) is 6.54 Å². The van der Waals surface area contributed by atoms with E-state index < -0.39 is 17.3 Å². The molecule has 2 N–H and O–H groups in total. The number of rotatable bonds is 6. The molecule has 1 aliphatic heterocycles. The molecule has 2 aromatic carbocycles. The molecule has 8 nitrogen and oxygen atoms in total. The van der Waals surface area contributed by atoms with Gasteiger partial charge in [-0.2, -0.15) is 13.5 Å². The van der Waals surface area contributed by atoms with Crippen molar-refractivity contribution in [3.05, 3.63) is 58.6 Å². The number of sulfonamides is 1. The van der Waals surface area contributed by atoms with Crippen molar-refractivity contribution in [3.63, 3.8) is 0 Å². The third-order valence-electron chi connectivity index (χ3n) is 3.93. The maximum absolute atomic E-state index is 12.4. The van der Waals surface area contributed by atoms with Gasteiger partial charge in [0, 0.05) is 12.1 Å². The lowest BCUT2D eigenvalue weighted by atomic mass is 10.1. The minimum atomic E-state index is -3.76. The highest BCUT2D eigenvalue weighted by molar-refractivity contribution is 7.90. The Labute approximate surface area is 174 Å². The largest absolute Gasteiger partial charge is 0.707 e. The topological polar surface area (TPSA) is 112 Å². The first-order valence-electron chi connectivity index (χ1n) is 8.75. The van der Waals surface area contributed by atoms with Crippen molar-refractivity contribution in [2.24, 2.45) is 15.4 Å². The zero-order chi connectivity index (χ0) is 21.2. The number of amidine groups is 1. The minimum Gasteiger partial charge on any atom is -0.511 e. The zero-order valence-corrected chi connectivity index (χ0v) is 17.3. The van der Waals surface area contributed by atoms with Gasteiger partial charge in [-0.25, -0.2) is 5.01 Å². The van der Waals surface area contributed by atoms with Crippen LogP contribution in [0, 0.1) is 5.92 Å². The molecule has 1 heterocycles. The number of hydrogen-bond acceptors (Lipinski definition) is 7. The number of hydrogen-bond donors (Lipinski definition) is 2. The zero-order valence-electron chi connectivity index (χ0n) is 15.7. The number of hydrazone groups is 1. The van der Waals surface area contributed by atoms with Crippen molar-refractivity contribution >= 4 is 41.0 Å². The highest BCUT2D eigenvalue weighted by Crippen LogP contribution is 2.28. The predicted molar refractivity (Wildman–Crippen MR) is 112 cm³/mol. The summed E-state index contributed by atoms with van der Waals surface area (Å²) in [6.45, 7) is 4.42. The average Bonchev–Trinajstić information content (AvgIpc) is 2.92. The Morgan fingerprint density at radius 3 is 2.66 bits per heavy atom. The molecule has 0 atom stereocenters. The number of benzene rings is 2. The van der Waals surface area contributed by atoms with Crippen molar-refractivity contribution in [2.45, 2.75) is 18.7 Å². The summed E-state index contributed by atoms with van der Waals surface area (Å²) < 4.78 is 33.4. The van der Waals surface area contributed by atoms with Gasteiger partial charge in [-0.15, -0.1) is 4.40 Å². The molecule has 0 radical (unpaired) electrons. The molecule has 29 heavy (non-hydrogen) atoms. The SMILES string of the molecule is CC(C)CN(/N=C/c1ccc(OB(O)O)c(Cl)c1)C1=NS(=O)(=O)c2ccccc21. The first-order valence-corrected chi connectivity index (χ1v) is 10.6. The van der Waals surface area contributed by atoms with Gasteiger partial charge in [0.15, 0.2) is 5.84 Å². The van der Waals surface area contributed by atoms with E-state index >= 15 is 0 Å². The molecule has 11 heteroatoms. The Morgan fingerprint density at radius 2 is 2.00 bits per heavy atom. The van der Waals surface area contributed by atoms with E-state index in [-0.39, 0.29) is 27.4 Å². The Balaban J connectivity index is 1.92. The first kappa shape index (κ1) is 21.3. The second kappa shape index (κ2) is 8.54. The van der Waals surface area contributed by atoms with E-state index in [1.165, 1.54) is 24.4 Å². The van der Waals surface area contributed by atoms with Crippen LogP contribution in [0.15, 0.2) is 56.9 Å². The summed E-state index contributed by atoms with van der Waals surface area (Å²) in [5.74, 6) is 0.564. The van der Waals surface area contributed by atoms with E-state index in [1.807, 2.05) is 13.8 Å². The summed E-state index contributed by atoms with van der Waals surface area (Å²) in [5.41, 5.74) is 1.11. The molecule has 0 amide bonds. The molecular formula is C18H19BClN3O5S. The van der Waals surface area contributed by atoms with Crippen LogP contribution >= 0.6 is 11.6 Å². The Morgan fingerprint density at radius 1 is 1.28 bits per heavy atom. The number of nitrogens with zero attached hydrogens (tertiary/aromatic N) is 3. The van der Waals surface area contributed by atoms with E-state index in [0.29, 0.717) is 17.7 Å². The third kappa shape index (κ3) is 4.97. The molecule has 0 fully saturated rings. The van der Waals surface area contributed by atoms with Crippen LogP contribution in [0.25, 0.3) is 0 Å². The molecular weight excluding hydrogens is 417 g/mol. The lowest BCUT2D eigenvalue weighted by Gasteiger charge is -2.21. The normalized spacial score (nSPS) is 14.8. The quantitative estimate of drug-likeness (QED) is 0.408. The fourth-order valence-corrected chi connectivity index (χ4v) is 4.19. The van der Waals surface area contributed by atoms with Crippen molar-refractivity contribution in [1.82, 2.24) is 5.01 Å². The van der Waals surface area contributed by atoms with Gasteiger partial charge in [-0.05, 0) is 41.8 Å². The van der Waals surface area contributed by atoms with Crippen LogP contribution in [0.4, 0.5) is 0 Å². The molecule has 0 bridgehead atoms. The molecule has 3 rings (SSSR count). The van der Waals surface area contributed by atoms with Crippen LogP contribution in [-0.2, 0) is 10.0 Å². The Kier molecular flexibility index (Phi) is 6.28. The predicted octanol–water partition coefficient (Wildman–Crippen LogP) is 2.13. The molecule has 1 aliphatic rings. The van der Waals surface area contributed by atoms with Crippen molar-refractivity contribution < 1.29 is 23.1 Å². The molecule has 2 aromatic rings. The van der Waals surface area contributed by atoms with Gasteiger partial charge in [0.2, 0.25) is 0 Å². The Hall–Kier alpha value is -2.40. The van der Waals surface area contributed by atoms with Gasteiger partial charge in [0.1, 0.15) is 10.6 Å². The van der Waals surface area contributed by atoms with E-state index in [4.69, 9.17) is 26.3 Å². The van der Waals surface area contributed by atoms with Gasteiger partial charge >= 0.3 is 7.32 Å². The highest BCUT2D eigenvalue weighted by Gasteiger charge is 2.31. The molecule has 152 valence electrons. The fraction of sp³-hybridized carbons (Fsp3) is 0.222. The average molecular weight is 436 g/mol. The number of halogens is 1. The minimum absolute atomic E-state index is 0.109. The van der Waals surface area contributed by atoms with Crippen LogP contribution < -0.4 is 4.65 Å². The van der Waals surface area contributed by atoms with E-state index in [0.717, 1.165) is 0 Å². The van der Waals surface area contributed by atoms with Gasteiger partial charge in [-0.3, -0.25) is 0 Å². The monoisotopic (exact) mass is 435 g/mol. The van der Waals surface area contributed by atoms with Crippen LogP contribution in [0.3, 0.4) is 0 Å². The van der Waals surface area contributed by atoms with Crippen LogP contribution in [-0.4, -0.2) is 49.4 Å². The van der Waals surface area contributed by atoms with Gasteiger partial charge in [-0.1, -0.05) is 37.6 Å². The highest BCUT2D eigenvalue weighted by atomic mass is 35.5. The summed E-state index contributed by atoms with van der Waals surface area (Å²) in [6, 6.07) is 11.3. The molecule has 0 aliphatic carbocycles. The Bertz CT molecular complexity index is 1070. The maximum Gasteiger partial charge on any atom is 0.707 e. The summed E-state index contributed by atoms with van der Waals surface area (Å²) in [7, 11) is -5.73. The van der Waals surface area contributed by atoms with Gasteiger partial charge in [0.25, 0.3) is 10.0 Å². The molecule has 0 aromatic heterocycles.